The molecule has 2 aromatic carbocycles. The number of amides is 1. The van der Waals surface area contributed by atoms with Crippen molar-refractivity contribution in [1.82, 2.24) is 30.1 Å². The zero-order chi connectivity index (χ0) is 27.8. The van der Waals surface area contributed by atoms with Crippen LogP contribution in [0.4, 0.5) is 14.6 Å². The van der Waals surface area contributed by atoms with Gasteiger partial charge in [-0.25, -0.2) is 13.5 Å². The van der Waals surface area contributed by atoms with E-state index in [4.69, 9.17) is 9.47 Å². The first kappa shape index (κ1) is 25.7. The van der Waals surface area contributed by atoms with E-state index in [-0.39, 0.29) is 30.2 Å². The molecule has 0 radical (unpaired) electrons. The molecule has 2 aliphatic heterocycles. The van der Waals surface area contributed by atoms with E-state index in [1.165, 1.54) is 12.1 Å². The van der Waals surface area contributed by atoms with Crippen LogP contribution in [0.1, 0.15) is 35.4 Å². The fourth-order valence-electron chi connectivity index (χ4n) is 5.23. The van der Waals surface area contributed by atoms with Crippen LogP contribution in [0, 0.1) is 6.92 Å². The summed E-state index contributed by atoms with van der Waals surface area (Å²) in [6.07, 6.45) is -1.79. The van der Waals surface area contributed by atoms with Gasteiger partial charge in [0.25, 0.3) is 6.43 Å². The molecule has 10 nitrogen and oxygen atoms in total. The van der Waals surface area contributed by atoms with Gasteiger partial charge in [-0.2, -0.15) is 0 Å². The van der Waals surface area contributed by atoms with Crippen molar-refractivity contribution in [2.45, 2.75) is 45.0 Å². The number of fused-ring (bicyclic) bond motifs is 2. The van der Waals surface area contributed by atoms with Gasteiger partial charge in [0.15, 0.2) is 5.82 Å². The van der Waals surface area contributed by atoms with E-state index in [0.29, 0.717) is 41.9 Å². The number of hydrogen-bond acceptors (Lipinski definition) is 8. The summed E-state index contributed by atoms with van der Waals surface area (Å²) in [5.74, 6) is 1.81. The van der Waals surface area contributed by atoms with Gasteiger partial charge >= 0.3 is 0 Å². The Morgan fingerprint density at radius 1 is 1.00 bits per heavy atom. The number of hydrogen-bond donors (Lipinski definition) is 0. The molecule has 2 aromatic heterocycles. The quantitative estimate of drug-likeness (QED) is 0.312. The third-order valence-corrected chi connectivity index (χ3v) is 7.42. The highest BCUT2D eigenvalue weighted by molar-refractivity contribution is 5.89. The number of piperazine rings is 1. The number of carbonyl (C=O) groups is 1. The smallest absolute Gasteiger partial charge is 0.263 e. The number of nitrogens with zero attached hydrogens (tertiary/aromatic N) is 7. The Morgan fingerprint density at radius 2 is 1.77 bits per heavy atom. The average Bonchev–Trinajstić information content (AvgIpc) is 3.66. The van der Waals surface area contributed by atoms with E-state index < -0.39 is 6.43 Å². The van der Waals surface area contributed by atoms with Crippen LogP contribution in [0.3, 0.4) is 0 Å². The van der Waals surface area contributed by atoms with Crippen molar-refractivity contribution in [3.63, 3.8) is 0 Å². The fourth-order valence-corrected chi connectivity index (χ4v) is 5.23. The molecule has 4 heterocycles. The first-order valence-electron chi connectivity index (χ1n) is 12.9. The summed E-state index contributed by atoms with van der Waals surface area (Å²) in [5, 5.41) is 16.8. The second-order valence-corrected chi connectivity index (χ2v) is 9.82. The van der Waals surface area contributed by atoms with E-state index in [0.717, 1.165) is 17.7 Å². The molecule has 2 atom stereocenters. The van der Waals surface area contributed by atoms with Gasteiger partial charge in [0.1, 0.15) is 24.1 Å². The maximum atomic E-state index is 13.1. The number of rotatable bonds is 9. The van der Waals surface area contributed by atoms with Gasteiger partial charge < -0.3 is 19.3 Å². The molecule has 0 spiro atoms. The van der Waals surface area contributed by atoms with E-state index in [9.17, 15) is 13.6 Å². The molecule has 40 heavy (non-hydrogen) atoms. The number of ether oxygens (including phenoxy) is 2. The van der Waals surface area contributed by atoms with E-state index >= 15 is 0 Å². The van der Waals surface area contributed by atoms with Crippen molar-refractivity contribution < 1.29 is 23.0 Å². The largest absolute Gasteiger partial charge is 0.497 e. The van der Waals surface area contributed by atoms with Gasteiger partial charge in [0.05, 0.1) is 24.5 Å². The first-order valence-corrected chi connectivity index (χ1v) is 12.9. The number of anilines is 1. The minimum absolute atomic E-state index is 0.0633. The molecule has 0 saturated carbocycles. The van der Waals surface area contributed by atoms with Gasteiger partial charge in [-0.1, -0.05) is 29.5 Å². The Hall–Kier alpha value is -4.61. The Morgan fingerprint density at radius 3 is 2.42 bits per heavy atom. The molecule has 2 fully saturated rings. The maximum Gasteiger partial charge on any atom is 0.263 e. The summed E-state index contributed by atoms with van der Waals surface area (Å²) in [7, 11) is 1.63. The van der Waals surface area contributed by atoms with Crippen LogP contribution in [0.25, 0.3) is 5.69 Å². The molecule has 2 bridgehead atoms. The van der Waals surface area contributed by atoms with E-state index in [2.05, 4.69) is 20.5 Å². The van der Waals surface area contributed by atoms with Crippen molar-refractivity contribution in [1.29, 1.82) is 0 Å². The summed E-state index contributed by atoms with van der Waals surface area (Å²) < 4.78 is 38.4. The van der Waals surface area contributed by atoms with Gasteiger partial charge in [-0.3, -0.25) is 4.79 Å². The molecule has 206 valence electrons. The minimum atomic E-state index is -2.54. The van der Waals surface area contributed by atoms with Gasteiger partial charge in [-0.05, 0) is 49.2 Å². The lowest BCUT2D eigenvalue weighted by molar-refractivity contribution is -0.131. The van der Waals surface area contributed by atoms with Crippen LogP contribution in [-0.4, -0.2) is 61.7 Å². The molecule has 0 unspecified atom stereocenters. The summed E-state index contributed by atoms with van der Waals surface area (Å²) in [5.41, 5.74) is 2.90. The summed E-state index contributed by atoms with van der Waals surface area (Å²) in [6.45, 7) is 3.16. The highest BCUT2D eigenvalue weighted by Crippen LogP contribution is 2.36. The SMILES string of the molecule is COc1ccc(CN2C(=O)[C@H]3C[C@@H]2CN3c2ccc(OCc3c(C)nnn3-c3ccc(C(F)F)cc3)nn2)cc1. The molecule has 0 N–H and O–H groups in total. The number of aryl methyl sites for hydroxylation is 1. The van der Waals surface area contributed by atoms with Crippen molar-refractivity contribution in [3.8, 4) is 17.3 Å². The molecule has 12 heteroatoms. The Bertz CT molecular complexity index is 1490. The van der Waals surface area contributed by atoms with Crippen LogP contribution in [0.5, 0.6) is 11.6 Å². The Labute approximate surface area is 229 Å². The molecule has 2 aliphatic rings. The van der Waals surface area contributed by atoms with Crippen molar-refractivity contribution in [3.05, 3.63) is 83.2 Å². The molecule has 4 aromatic rings. The van der Waals surface area contributed by atoms with Crippen LogP contribution in [0.2, 0.25) is 0 Å². The van der Waals surface area contributed by atoms with Crippen LogP contribution >= 0.6 is 0 Å². The second kappa shape index (κ2) is 10.5. The van der Waals surface area contributed by atoms with Gasteiger partial charge in [-0.15, -0.1) is 15.3 Å². The lowest BCUT2D eigenvalue weighted by Gasteiger charge is -2.34. The predicted molar refractivity (Wildman–Crippen MR) is 140 cm³/mol. The second-order valence-electron chi connectivity index (χ2n) is 9.82. The fraction of sp³-hybridized carbons (Fsp3) is 0.321. The van der Waals surface area contributed by atoms with Crippen molar-refractivity contribution in [2.75, 3.05) is 18.6 Å². The minimum Gasteiger partial charge on any atom is -0.497 e. The average molecular weight is 548 g/mol. The van der Waals surface area contributed by atoms with E-state index in [1.807, 2.05) is 34.1 Å². The van der Waals surface area contributed by atoms with Crippen molar-refractivity contribution >= 4 is 11.7 Å². The number of aromatic nitrogens is 5. The Balaban J connectivity index is 1.08. The molecular weight excluding hydrogens is 520 g/mol. The summed E-state index contributed by atoms with van der Waals surface area (Å²) >= 11 is 0. The third-order valence-electron chi connectivity index (χ3n) is 7.42. The van der Waals surface area contributed by atoms with Crippen LogP contribution < -0.4 is 14.4 Å². The molecule has 2 saturated heterocycles. The maximum absolute atomic E-state index is 13.1. The number of methoxy groups -OCH3 is 1. The lowest BCUT2D eigenvalue weighted by atomic mass is 10.2. The monoisotopic (exact) mass is 547 g/mol. The number of carbonyl (C=O) groups excluding carboxylic acids is 1. The molecular formula is C28H27F2N7O3. The third kappa shape index (κ3) is 4.80. The molecule has 0 aliphatic carbocycles. The van der Waals surface area contributed by atoms with Gasteiger partial charge in [0, 0.05) is 24.7 Å². The normalized spacial score (nSPS) is 18.2. The zero-order valence-electron chi connectivity index (χ0n) is 21.9. The molecule has 6 rings (SSSR count). The van der Waals surface area contributed by atoms with Crippen LogP contribution in [0.15, 0.2) is 60.7 Å². The van der Waals surface area contributed by atoms with Gasteiger partial charge in [0.2, 0.25) is 11.8 Å². The molecule has 1 amide bonds. The number of halogens is 2. The summed E-state index contributed by atoms with van der Waals surface area (Å²) in [4.78, 5) is 17.1. The topological polar surface area (TPSA) is 98.5 Å². The first-order chi connectivity index (χ1) is 19.4. The highest BCUT2D eigenvalue weighted by atomic mass is 19.3. The lowest BCUT2D eigenvalue weighted by Crippen LogP contribution is -2.50. The highest BCUT2D eigenvalue weighted by Gasteiger charge is 2.50. The van der Waals surface area contributed by atoms with Crippen LogP contribution in [-0.2, 0) is 17.9 Å². The Kier molecular flexibility index (Phi) is 6.74. The zero-order valence-corrected chi connectivity index (χ0v) is 21.9. The number of likely N-dealkylation sites (tertiary alicyclic amines) is 1. The number of benzene rings is 2. The standard InChI is InChI=1S/C28H27F2N7O3/c1-17-24(37(34-31-17)20-7-5-19(6-8-20)27(29)30)16-40-26-12-11-25(32-33-26)36-15-21-13-23(36)28(38)35(21)14-18-3-9-22(39-2)10-4-18/h3-12,21,23,27H,13-16H2,1-2H3/t21-,23-/m1/s1. The number of alkyl halides is 2. The predicted octanol–water partition coefficient (Wildman–Crippen LogP) is 3.88. The van der Waals surface area contributed by atoms with Crippen molar-refractivity contribution in [2.24, 2.45) is 0 Å². The van der Waals surface area contributed by atoms with E-state index in [1.54, 1.807) is 43.0 Å². The summed E-state index contributed by atoms with van der Waals surface area (Å²) in [6, 6.07) is 17.0.